The molecule has 1 aliphatic carbocycles. The van der Waals surface area contributed by atoms with Crippen LogP contribution in [0.3, 0.4) is 0 Å². The zero-order valence-electron chi connectivity index (χ0n) is 14.3. The molecule has 1 aliphatic heterocycles. The quantitative estimate of drug-likeness (QED) is 0.633. The second-order valence-electron chi connectivity index (χ2n) is 8.37. The van der Waals surface area contributed by atoms with Crippen LogP contribution in [-0.4, -0.2) is 24.5 Å². The lowest BCUT2D eigenvalue weighted by Gasteiger charge is -2.34. The van der Waals surface area contributed by atoms with E-state index in [1.165, 1.54) is 64.6 Å². The third-order valence-electron chi connectivity index (χ3n) is 5.36. The standard InChI is InChI=1S/C19H35N/c1-16(15-20-12-6-5-7-13-20)14-17-8-10-18(11-9-17)19(2,3)4/h8,16,18H,5-7,9-15H2,1-4H3. The van der Waals surface area contributed by atoms with Crippen molar-refractivity contribution in [3.05, 3.63) is 11.6 Å². The minimum Gasteiger partial charge on any atom is -0.303 e. The van der Waals surface area contributed by atoms with E-state index < -0.39 is 0 Å². The molecule has 0 bridgehead atoms. The van der Waals surface area contributed by atoms with Crippen molar-refractivity contribution < 1.29 is 0 Å². The molecule has 2 unspecified atom stereocenters. The first-order valence-electron chi connectivity index (χ1n) is 8.85. The van der Waals surface area contributed by atoms with Crippen LogP contribution in [0.15, 0.2) is 11.6 Å². The van der Waals surface area contributed by atoms with Gasteiger partial charge in [0.15, 0.2) is 0 Å². The normalized spacial score (nSPS) is 27.2. The lowest BCUT2D eigenvalue weighted by Crippen LogP contribution is -2.33. The summed E-state index contributed by atoms with van der Waals surface area (Å²) in [6.07, 6.45) is 12.3. The van der Waals surface area contributed by atoms with Crippen molar-refractivity contribution in [1.29, 1.82) is 0 Å². The van der Waals surface area contributed by atoms with E-state index in [9.17, 15) is 0 Å². The summed E-state index contributed by atoms with van der Waals surface area (Å²) in [5.74, 6) is 1.73. The van der Waals surface area contributed by atoms with Gasteiger partial charge in [-0.25, -0.2) is 0 Å². The van der Waals surface area contributed by atoms with E-state index in [-0.39, 0.29) is 0 Å². The highest BCUT2D eigenvalue weighted by Crippen LogP contribution is 2.38. The molecule has 2 aliphatic rings. The van der Waals surface area contributed by atoms with E-state index in [0.29, 0.717) is 5.41 Å². The van der Waals surface area contributed by atoms with Gasteiger partial charge in [0.2, 0.25) is 0 Å². The van der Waals surface area contributed by atoms with E-state index in [0.717, 1.165) is 11.8 Å². The fraction of sp³-hybridized carbons (Fsp3) is 0.895. The summed E-state index contributed by atoms with van der Waals surface area (Å²) < 4.78 is 0. The lowest BCUT2D eigenvalue weighted by molar-refractivity contribution is 0.196. The lowest BCUT2D eigenvalue weighted by atomic mass is 9.72. The molecule has 0 aromatic heterocycles. The number of rotatable bonds is 4. The molecular weight excluding hydrogens is 242 g/mol. The fourth-order valence-corrected chi connectivity index (χ4v) is 3.96. The van der Waals surface area contributed by atoms with E-state index in [2.05, 4.69) is 38.7 Å². The van der Waals surface area contributed by atoms with Crippen molar-refractivity contribution in [3.63, 3.8) is 0 Å². The Morgan fingerprint density at radius 1 is 1.20 bits per heavy atom. The Bertz CT molecular complexity index is 317. The number of hydrogen-bond donors (Lipinski definition) is 0. The maximum atomic E-state index is 2.69. The van der Waals surface area contributed by atoms with Gasteiger partial charge in [-0.3, -0.25) is 0 Å². The topological polar surface area (TPSA) is 3.24 Å². The SMILES string of the molecule is CC(CC1=CCC(C(C)(C)C)CC1)CN1CCCCC1. The first-order valence-corrected chi connectivity index (χ1v) is 8.85. The summed E-state index contributed by atoms with van der Waals surface area (Å²) >= 11 is 0. The average molecular weight is 277 g/mol. The van der Waals surface area contributed by atoms with Gasteiger partial charge < -0.3 is 4.90 Å². The number of piperidine rings is 1. The summed E-state index contributed by atoms with van der Waals surface area (Å²) in [7, 11) is 0. The fourth-order valence-electron chi connectivity index (χ4n) is 3.96. The largest absolute Gasteiger partial charge is 0.303 e. The summed E-state index contributed by atoms with van der Waals surface area (Å²) in [5, 5.41) is 0. The van der Waals surface area contributed by atoms with Gasteiger partial charge in [-0.1, -0.05) is 45.8 Å². The van der Waals surface area contributed by atoms with Crippen LogP contribution in [0.4, 0.5) is 0 Å². The van der Waals surface area contributed by atoms with Crippen LogP contribution < -0.4 is 0 Å². The predicted molar refractivity (Wildman–Crippen MR) is 89.0 cm³/mol. The zero-order chi connectivity index (χ0) is 14.6. The number of nitrogens with zero attached hydrogens (tertiary/aromatic N) is 1. The van der Waals surface area contributed by atoms with Gasteiger partial charge in [0.25, 0.3) is 0 Å². The van der Waals surface area contributed by atoms with Gasteiger partial charge in [-0.05, 0) is 68.9 Å². The van der Waals surface area contributed by atoms with Gasteiger partial charge in [0.05, 0.1) is 0 Å². The molecule has 116 valence electrons. The number of hydrogen-bond acceptors (Lipinski definition) is 1. The molecule has 1 fully saturated rings. The third-order valence-corrected chi connectivity index (χ3v) is 5.36. The predicted octanol–water partition coefficient (Wildman–Crippen LogP) is 5.27. The first kappa shape index (κ1) is 16.1. The van der Waals surface area contributed by atoms with Gasteiger partial charge in [-0.2, -0.15) is 0 Å². The van der Waals surface area contributed by atoms with Gasteiger partial charge in [0, 0.05) is 6.54 Å². The maximum absolute atomic E-state index is 2.69. The van der Waals surface area contributed by atoms with Crippen LogP contribution in [0.5, 0.6) is 0 Å². The summed E-state index contributed by atoms with van der Waals surface area (Å²) in [4.78, 5) is 2.69. The van der Waals surface area contributed by atoms with Crippen LogP contribution in [0.2, 0.25) is 0 Å². The van der Waals surface area contributed by atoms with E-state index >= 15 is 0 Å². The zero-order valence-corrected chi connectivity index (χ0v) is 14.3. The van der Waals surface area contributed by atoms with E-state index in [1.807, 2.05) is 0 Å². The Hall–Kier alpha value is -0.300. The Morgan fingerprint density at radius 2 is 1.90 bits per heavy atom. The van der Waals surface area contributed by atoms with Crippen molar-refractivity contribution in [3.8, 4) is 0 Å². The Balaban J connectivity index is 1.74. The van der Waals surface area contributed by atoms with Crippen molar-refractivity contribution >= 4 is 0 Å². The molecule has 0 aromatic rings. The molecule has 0 aromatic carbocycles. The van der Waals surface area contributed by atoms with Crippen molar-refractivity contribution in [2.24, 2.45) is 17.3 Å². The molecule has 0 radical (unpaired) electrons. The molecule has 1 heteroatoms. The van der Waals surface area contributed by atoms with E-state index in [1.54, 1.807) is 5.57 Å². The molecular formula is C19H35N. The molecule has 0 spiro atoms. The van der Waals surface area contributed by atoms with Gasteiger partial charge in [0.1, 0.15) is 0 Å². The molecule has 1 nitrogen and oxygen atoms in total. The highest BCUT2D eigenvalue weighted by Gasteiger charge is 2.26. The minimum absolute atomic E-state index is 0.488. The molecule has 0 N–H and O–H groups in total. The second-order valence-corrected chi connectivity index (χ2v) is 8.37. The average Bonchev–Trinajstić information content (AvgIpc) is 2.39. The van der Waals surface area contributed by atoms with Crippen LogP contribution >= 0.6 is 0 Å². The number of likely N-dealkylation sites (tertiary alicyclic amines) is 1. The summed E-state index contributed by atoms with van der Waals surface area (Å²) in [6.45, 7) is 13.6. The monoisotopic (exact) mass is 277 g/mol. The molecule has 20 heavy (non-hydrogen) atoms. The van der Waals surface area contributed by atoms with Crippen LogP contribution in [-0.2, 0) is 0 Å². The second kappa shape index (κ2) is 7.11. The molecule has 0 amide bonds. The minimum atomic E-state index is 0.488. The van der Waals surface area contributed by atoms with Crippen molar-refractivity contribution in [2.45, 2.75) is 72.6 Å². The highest BCUT2D eigenvalue weighted by atomic mass is 15.1. The molecule has 2 atom stereocenters. The highest BCUT2D eigenvalue weighted by molar-refractivity contribution is 5.08. The smallest absolute Gasteiger partial charge is 0.00101 e. The van der Waals surface area contributed by atoms with Gasteiger partial charge in [-0.15, -0.1) is 0 Å². The van der Waals surface area contributed by atoms with Crippen LogP contribution in [0, 0.1) is 17.3 Å². The Kier molecular flexibility index (Phi) is 5.72. The maximum Gasteiger partial charge on any atom is 0.00101 e. The molecule has 1 saturated heterocycles. The van der Waals surface area contributed by atoms with E-state index in [4.69, 9.17) is 0 Å². The summed E-state index contributed by atoms with van der Waals surface area (Å²) in [6, 6.07) is 0. The first-order chi connectivity index (χ1) is 9.45. The van der Waals surface area contributed by atoms with Crippen LogP contribution in [0.1, 0.15) is 72.6 Å². The Labute approximate surface area is 126 Å². The molecule has 2 rings (SSSR count). The van der Waals surface area contributed by atoms with Gasteiger partial charge >= 0.3 is 0 Å². The van der Waals surface area contributed by atoms with Crippen molar-refractivity contribution in [2.75, 3.05) is 19.6 Å². The molecule has 0 saturated carbocycles. The Morgan fingerprint density at radius 3 is 2.45 bits per heavy atom. The molecule has 1 heterocycles. The van der Waals surface area contributed by atoms with Crippen molar-refractivity contribution in [1.82, 2.24) is 4.90 Å². The van der Waals surface area contributed by atoms with Crippen LogP contribution in [0.25, 0.3) is 0 Å². The third kappa shape index (κ3) is 4.91. The number of allylic oxidation sites excluding steroid dienone is 2. The summed E-state index contributed by atoms with van der Waals surface area (Å²) in [5.41, 5.74) is 2.23.